The molecule has 1 saturated heterocycles. The summed E-state index contributed by atoms with van der Waals surface area (Å²) in [5.41, 5.74) is 1.55. The largest absolute Gasteiger partial charge is 0.476 e. The van der Waals surface area contributed by atoms with Gasteiger partial charge in [0.2, 0.25) is 0 Å². The second kappa shape index (κ2) is 7.19. The zero-order valence-electron chi connectivity index (χ0n) is 12.9. The standard InChI is InChI=1S/C17H20N4O2/c22-17(23)16-15(9-8-14-6-2-1-3-7-14)21(19-18-16)13-12-20-10-4-5-11-20/h1-3,6-9H,4-5,10-13H2,(H,22,23)/b9-8+. The van der Waals surface area contributed by atoms with Crippen molar-refractivity contribution in [2.75, 3.05) is 19.6 Å². The molecule has 0 amide bonds. The van der Waals surface area contributed by atoms with Crippen molar-refractivity contribution in [2.45, 2.75) is 19.4 Å². The third kappa shape index (κ3) is 3.84. The van der Waals surface area contributed by atoms with Crippen LogP contribution in [0.25, 0.3) is 12.2 Å². The van der Waals surface area contributed by atoms with Crippen LogP contribution in [-0.2, 0) is 6.54 Å². The highest BCUT2D eigenvalue weighted by atomic mass is 16.4. The highest BCUT2D eigenvalue weighted by Crippen LogP contribution is 2.13. The zero-order valence-corrected chi connectivity index (χ0v) is 12.9. The van der Waals surface area contributed by atoms with Gasteiger partial charge in [0.05, 0.1) is 12.2 Å². The number of benzene rings is 1. The van der Waals surface area contributed by atoms with Crippen molar-refractivity contribution >= 4 is 18.1 Å². The Morgan fingerprint density at radius 2 is 1.87 bits per heavy atom. The first-order chi connectivity index (χ1) is 11.2. The second-order valence-corrected chi connectivity index (χ2v) is 5.64. The first-order valence-corrected chi connectivity index (χ1v) is 7.86. The molecule has 1 N–H and O–H groups in total. The molecule has 0 spiro atoms. The molecule has 0 saturated carbocycles. The molecule has 120 valence electrons. The predicted molar refractivity (Wildman–Crippen MR) is 88.0 cm³/mol. The molecule has 0 atom stereocenters. The summed E-state index contributed by atoms with van der Waals surface area (Å²) in [5, 5.41) is 17.1. The van der Waals surface area contributed by atoms with Crippen LogP contribution in [0, 0.1) is 0 Å². The highest BCUT2D eigenvalue weighted by molar-refractivity contribution is 5.90. The number of hydrogen-bond acceptors (Lipinski definition) is 4. The SMILES string of the molecule is O=C(O)c1nnn(CCN2CCCC2)c1/C=C/c1ccccc1. The Labute approximate surface area is 135 Å². The van der Waals surface area contributed by atoms with Gasteiger partial charge >= 0.3 is 5.97 Å². The molecule has 0 bridgehead atoms. The molecule has 1 aliphatic rings. The van der Waals surface area contributed by atoms with Gasteiger partial charge < -0.3 is 10.0 Å². The monoisotopic (exact) mass is 312 g/mol. The van der Waals surface area contributed by atoms with Crippen molar-refractivity contribution in [2.24, 2.45) is 0 Å². The summed E-state index contributed by atoms with van der Waals surface area (Å²) < 4.78 is 1.68. The normalized spacial score (nSPS) is 15.5. The molecule has 3 rings (SSSR count). The lowest BCUT2D eigenvalue weighted by Crippen LogP contribution is -2.25. The quantitative estimate of drug-likeness (QED) is 0.886. The van der Waals surface area contributed by atoms with Gasteiger partial charge in [-0.15, -0.1) is 5.10 Å². The van der Waals surface area contributed by atoms with E-state index < -0.39 is 5.97 Å². The average Bonchev–Trinajstić information content (AvgIpc) is 3.21. The van der Waals surface area contributed by atoms with Gasteiger partial charge in [-0.1, -0.05) is 41.6 Å². The number of aromatic carboxylic acids is 1. The van der Waals surface area contributed by atoms with Gasteiger partial charge in [0.25, 0.3) is 0 Å². The fraction of sp³-hybridized carbons (Fsp3) is 0.353. The molecule has 1 aromatic heterocycles. The van der Waals surface area contributed by atoms with E-state index in [0.717, 1.165) is 25.2 Å². The summed E-state index contributed by atoms with van der Waals surface area (Å²) in [7, 11) is 0. The van der Waals surface area contributed by atoms with Crippen molar-refractivity contribution in [3.8, 4) is 0 Å². The van der Waals surface area contributed by atoms with E-state index in [2.05, 4.69) is 15.2 Å². The minimum absolute atomic E-state index is 0.00129. The van der Waals surface area contributed by atoms with Gasteiger partial charge in [0.1, 0.15) is 0 Å². The second-order valence-electron chi connectivity index (χ2n) is 5.64. The summed E-state index contributed by atoms with van der Waals surface area (Å²) in [6, 6.07) is 9.77. The maximum absolute atomic E-state index is 11.3. The number of carboxylic acid groups (broad SMARTS) is 1. The van der Waals surface area contributed by atoms with Crippen molar-refractivity contribution in [1.82, 2.24) is 19.9 Å². The van der Waals surface area contributed by atoms with Gasteiger partial charge in [-0.3, -0.25) is 0 Å². The fourth-order valence-corrected chi connectivity index (χ4v) is 2.78. The fourth-order valence-electron chi connectivity index (χ4n) is 2.78. The Hall–Kier alpha value is -2.47. The first kappa shape index (κ1) is 15.4. The number of likely N-dealkylation sites (tertiary alicyclic amines) is 1. The molecule has 6 nitrogen and oxygen atoms in total. The molecule has 2 aromatic rings. The Morgan fingerprint density at radius 3 is 2.57 bits per heavy atom. The number of carbonyl (C=O) groups is 1. The lowest BCUT2D eigenvalue weighted by Gasteiger charge is -2.14. The lowest BCUT2D eigenvalue weighted by atomic mass is 10.2. The molecule has 1 aliphatic heterocycles. The van der Waals surface area contributed by atoms with Crippen LogP contribution >= 0.6 is 0 Å². The van der Waals surface area contributed by atoms with E-state index >= 15 is 0 Å². The molecular weight excluding hydrogens is 292 g/mol. The van der Waals surface area contributed by atoms with Crippen LogP contribution in [0.5, 0.6) is 0 Å². The Balaban J connectivity index is 1.79. The van der Waals surface area contributed by atoms with Gasteiger partial charge in [-0.25, -0.2) is 9.48 Å². The Kier molecular flexibility index (Phi) is 4.83. The van der Waals surface area contributed by atoms with E-state index in [4.69, 9.17) is 0 Å². The van der Waals surface area contributed by atoms with E-state index in [1.165, 1.54) is 12.8 Å². The van der Waals surface area contributed by atoms with Crippen molar-refractivity contribution < 1.29 is 9.90 Å². The minimum Gasteiger partial charge on any atom is -0.476 e. The van der Waals surface area contributed by atoms with Crippen molar-refractivity contribution in [3.05, 3.63) is 47.3 Å². The maximum atomic E-state index is 11.3. The van der Waals surface area contributed by atoms with E-state index in [1.54, 1.807) is 10.8 Å². The zero-order chi connectivity index (χ0) is 16.1. The number of hydrogen-bond donors (Lipinski definition) is 1. The van der Waals surface area contributed by atoms with Crippen molar-refractivity contribution in [1.29, 1.82) is 0 Å². The molecule has 0 aliphatic carbocycles. The molecule has 2 heterocycles. The Bertz CT molecular complexity index is 688. The van der Waals surface area contributed by atoms with Crippen LogP contribution < -0.4 is 0 Å². The first-order valence-electron chi connectivity index (χ1n) is 7.86. The lowest BCUT2D eigenvalue weighted by molar-refractivity contribution is 0.0690. The summed E-state index contributed by atoms with van der Waals surface area (Å²) in [6.45, 7) is 3.73. The summed E-state index contributed by atoms with van der Waals surface area (Å²) in [4.78, 5) is 13.7. The van der Waals surface area contributed by atoms with E-state index in [0.29, 0.717) is 12.2 Å². The van der Waals surface area contributed by atoms with Crippen LogP contribution in [0.15, 0.2) is 30.3 Å². The summed E-state index contributed by atoms with van der Waals surface area (Å²) in [6.07, 6.45) is 6.14. The number of rotatable bonds is 6. The number of nitrogens with zero attached hydrogens (tertiary/aromatic N) is 4. The number of aromatic nitrogens is 3. The van der Waals surface area contributed by atoms with Crippen LogP contribution in [-0.4, -0.2) is 50.6 Å². The van der Waals surface area contributed by atoms with Crippen LogP contribution in [0.4, 0.5) is 0 Å². The third-order valence-electron chi connectivity index (χ3n) is 4.04. The number of carboxylic acids is 1. The molecule has 1 aromatic carbocycles. The van der Waals surface area contributed by atoms with Gasteiger partial charge in [0.15, 0.2) is 5.69 Å². The summed E-state index contributed by atoms with van der Waals surface area (Å²) >= 11 is 0. The predicted octanol–water partition coefficient (Wildman–Crippen LogP) is 2.24. The van der Waals surface area contributed by atoms with Gasteiger partial charge in [-0.05, 0) is 37.6 Å². The smallest absolute Gasteiger partial charge is 0.358 e. The van der Waals surface area contributed by atoms with Crippen LogP contribution in [0.3, 0.4) is 0 Å². The molecule has 0 radical (unpaired) electrons. The van der Waals surface area contributed by atoms with E-state index in [-0.39, 0.29) is 5.69 Å². The Morgan fingerprint density at radius 1 is 1.13 bits per heavy atom. The van der Waals surface area contributed by atoms with E-state index in [9.17, 15) is 9.90 Å². The average molecular weight is 312 g/mol. The molecule has 0 unspecified atom stereocenters. The van der Waals surface area contributed by atoms with Gasteiger partial charge in [0, 0.05) is 6.54 Å². The topological polar surface area (TPSA) is 71.2 Å². The van der Waals surface area contributed by atoms with Crippen molar-refractivity contribution in [3.63, 3.8) is 0 Å². The van der Waals surface area contributed by atoms with Crippen LogP contribution in [0.1, 0.15) is 34.6 Å². The molecule has 23 heavy (non-hydrogen) atoms. The molecule has 1 fully saturated rings. The maximum Gasteiger partial charge on any atom is 0.358 e. The minimum atomic E-state index is -1.05. The van der Waals surface area contributed by atoms with Gasteiger partial charge in [-0.2, -0.15) is 0 Å². The molecule has 6 heteroatoms. The summed E-state index contributed by atoms with van der Waals surface area (Å²) in [5.74, 6) is -1.05. The molecular formula is C17H20N4O2. The highest BCUT2D eigenvalue weighted by Gasteiger charge is 2.18. The van der Waals surface area contributed by atoms with E-state index in [1.807, 2.05) is 36.4 Å². The third-order valence-corrected chi connectivity index (χ3v) is 4.04. The van der Waals surface area contributed by atoms with Crippen LogP contribution in [0.2, 0.25) is 0 Å².